The van der Waals surface area contributed by atoms with Crippen LogP contribution in [0.1, 0.15) is 17.6 Å². The van der Waals surface area contributed by atoms with Crippen molar-refractivity contribution in [2.45, 2.75) is 12.6 Å². The van der Waals surface area contributed by atoms with Gasteiger partial charge in [-0.15, -0.1) is 12.4 Å². The normalized spacial score (nSPS) is 21.6. The number of hydrogen-bond donors (Lipinski definition) is 2. The van der Waals surface area contributed by atoms with Crippen LogP contribution in [0.2, 0.25) is 0 Å². The number of halogens is 1. The van der Waals surface area contributed by atoms with E-state index in [0.717, 1.165) is 18.9 Å². The van der Waals surface area contributed by atoms with Crippen LogP contribution < -0.4 is 5.32 Å². The average molecular weight is 220 g/mol. The van der Waals surface area contributed by atoms with E-state index in [1.165, 1.54) is 0 Å². The third-order valence-corrected chi connectivity index (χ3v) is 2.10. The number of furan rings is 1. The molecule has 14 heavy (non-hydrogen) atoms. The number of aliphatic hydroxyl groups is 1. The Bertz CT molecular complexity index is 271. The molecule has 0 aliphatic carbocycles. The Morgan fingerprint density at radius 1 is 1.50 bits per heavy atom. The maximum absolute atomic E-state index is 8.80. The van der Waals surface area contributed by atoms with Crippen LogP contribution in [-0.4, -0.2) is 24.9 Å². The predicted molar refractivity (Wildman–Crippen MR) is 53.4 cm³/mol. The highest BCUT2D eigenvalue weighted by atomic mass is 35.5. The second kappa shape index (κ2) is 5.36. The highest BCUT2D eigenvalue weighted by Gasteiger charge is 2.18. The highest BCUT2D eigenvalue weighted by molar-refractivity contribution is 5.85. The number of ether oxygens (including phenoxy) is 1. The van der Waals surface area contributed by atoms with Gasteiger partial charge in [0.1, 0.15) is 18.1 Å². The quantitative estimate of drug-likeness (QED) is 0.775. The minimum Gasteiger partial charge on any atom is -0.462 e. The first-order chi connectivity index (χ1) is 6.40. The van der Waals surface area contributed by atoms with Gasteiger partial charge in [-0.25, -0.2) is 0 Å². The van der Waals surface area contributed by atoms with Gasteiger partial charge in [-0.2, -0.15) is 0 Å². The topological polar surface area (TPSA) is 54.6 Å². The van der Waals surface area contributed by atoms with Crippen LogP contribution in [0, 0.1) is 0 Å². The van der Waals surface area contributed by atoms with Crippen LogP contribution in [0.5, 0.6) is 0 Å². The van der Waals surface area contributed by atoms with Gasteiger partial charge >= 0.3 is 0 Å². The molecule has 2 rings (SSSR count). The molecule has 0 amide bonds. The fourth-order valence-electron chi connectivity index (χ4n) is 1.41. The summed E-state index contributed by atoms with van der Waals surface area (Å²) in [5.41, 5.74) is 0. The highest BCUT2D eigenvalue weighted by Crippen LogP contribution is 2.18. The smallest absolute Gasteiger partial charge is 0.129 e. The van der Waals surface area contributed by atoms with Gasteiger partial charge in [0.15, 0.2) is 0 Å². The van der Waals surface area contributed by atoms with Crippen LogP contribution in [0.3, 0.4) is 0 Å². The van der Waals surface area contributed by atoms with Crippen LogP contribution in [0.4, 0.5) is 0 Å². The molecule has 0 spiro atoms. The van der Waals surface area contributed by atoms with Crippen LogP contribution in [0.15, 0.2) is 16.5 Å². The molecule has 5 heteroatoms. The van der Waals surface area contributed by atoms with Gasteiger partial charge in [-0.1, -0.05) is 0 Å². The summed E-state index contributed by atoms with van der Waals surface area (Å²) in [7, 11) is 0. The average Bonchev–Trinajstić information content (AvgIpc) is 2.67. The van der Waals surface area contributed by atoms with E-state index >= 15 is 0 Å². The first-order valence-electron chi connectivity index (χ1n) is 4.41. The number of aliphatic hydroxyl groups excluding tert-OH is 1. The first-order valence-corrected chi connectivity index (χ1v) is 4.41. The van der Waals surface area contributed by atoms with Crippen molar-refractivity contribution in [2.75, 3.05) is 19.8 Å². The standard InChI is InChI=1S/C9H13NO3.ClH/c11-5-7-1-2-9(13-7)8-6-12-4-3-10-8;/h1-2,8,10-11H,3-6H2;1H/t8-;/m0./s1. The van der Waals surface area contributed by atoms with Crippen molar-refractivity contribution in [3.05, 3.63) is 23.7 Å². The lowest BCUT2D eigenvalue weighted by atomic mass is 10.2. The van der Waals surface area contributed by atoms with Gasteiger partial charge in [0.05, 0.1) is 19.3 Å². The third-order valence-electron chi connectivity index (χ3n) is 2.10. The van der Waals surface area contributed by atoms with Crippen LogP contribution in [0.25, 0.3) is 0 Å². The van der Waals surface area contributed by atoms with Gasteiger partial charge in [0.25, 0.3) is 0 Å². The zero-order chi connectivity index (χ0) is 9.10. The van der Waals surface area contributed by atoms with E-state index in [0.29, 0.717) is 12.4 Å². The molecule has 80 valence electrons. The molecule has 0 bridgehead atoms. The molecule has 0 radical (unpaired) electrons. The first kappa shape index (κ1) is 11.5. The Hall–Kier alpha value is -0.550. The molecule has 0 saturated carbocycles. The zero-order valence-corrected chi connectivity index (χ0v) is 8.55. The second-order valence-corrected chi connectivity index (χ2v) is 3.04. The van der Waals surface area contributed by atoms with Gasteiger partial charge in [0, 0.05) is 6.54 Å². The molecule has 1 aromatic heterocycles. The van der Waals surface area contributed by atoms with E-state index in [4.69, 9.17) is 14.3 Å². The lowest BCUT2D eigenvalue weighted by Gasteiger charge is -2.21. The number of hydrogen-bond acceptors (Lipinski definition) is 4. The van der Waals surface area contributed by atoms with Gasteiger partial charge in [0.2, 0.25) is 0 Å². The number of nitrogens with one attached hydrogen (secondary N) is 1. The summed E-state index contributed by atoms with van der Waals surface area (Å²) >= 11 is 0. The van der Waals surface area contributed by atoms with Crippen molar-refractivity contribution >= 4 is 12.4 Å². The van der Waals surface area contributed by atoms with Crippen molar-refractivity contribution in [2.24, 2.45) is 0 Å². The molecule has 0 aromatic carbocycles. The molecule has 4 nitrogen and oxygen atoms in total. The third kappa shape index (κ3) is 2.48. The molecule has 1 atom stereocenters. The van der Waals surface area contributed by atoms with E-state index in [9.17, 15) is 0 Å². The maximum atomic E-state index is 8.80. The van der Waals surface area contributed by atoms with Crippen molar-refractivity contribution in [1.29, 1.82) is 0 Å². The summed E-state index contributed by atoms with van der Waals surface area (Å²) in [6.45, 7) is 2.19. The van der Waals surface area contributed by atoms with Crippen molar-refractivity contribution < 1.29 is 14.3 Å². The largest absolute Gasteiger partial charge is 0.462 e. The molecule has 1 aliphatic rings. The monoisotopic (exact) mass is 219 g/mol. The Kier molecular flexibility index (Phi) is 4.41. The van der Waals surface area contributed by atoms with Gasteiger partial charge in [-0.3, -0.25) is 0 Å². The zero-order valence-electron chi connectivity index (χ0n) is 7.73. The van der Waals surface area contributed by atoms with Crippen LogP contribution in [-0.2, 0) is 11.3 Å². The lowest BCUT2D eigenvalue weighted by molar-refractivity contribution is 0.0688. The van der Waals surface area contributed by atoms with Gasteiger partial charge < -0.3 is 19.6 Å². The van der Waals surface area contributed by atoms with Crippen LogP contribution >= 0.6 is 12.4 Å². The number of rotatable bonds is 2. The molecule has 1 aromatic rings. The summed E-state index contributed by atoms with van der Waals surface area (Å²) in [5.74, 6) is 1.44. The summed E-state index contributed by atoms with van der Waals surface area (Å²) in [6, 6.07) is 3.79. The SMILES string of the molecule is Cl.OCc1ccc([C@@H]2COCCN2)o1. The molecule has 2 heterocycles. The van der Waals surface area contributed by atoms with Crippen molar-refractivity contribution in [3.8, 4) is 0 Å². The Morgan fingerprint density at radius 3 is 2.93 bits per heavy atom. The molecule has 1 saturated heterocycles. The fraction of sp³-hybridized carbons (Fsp3) is 0.556. The Balaban J connectivity index is 0.000000980. The predicted octanol–water partition coefficient (Wildman–Crippen LogP) is 0.855. The second-order valence-electron chi connectivity index (χ2n) is 3.04. The molecule has 0 unspecified atom stereocenters. The van der Waals surface area contributed by atoms with E-state index in [1.54, 1.807) is 6.07 Å². The number of morpholine rings is 1. The van der Waals surface area contributed by atoms with E-state index in [2.05, 4.69) is 5.32 Å². The summed E-state index contributed by atoms with van der Waals surface area (Å²) in [4.78, 5) is 0. The molecular weight excluding hydrogens is 206 g/mol. The fourth-order valence-corrected chi connectivity index (χ4v) is 1.41. The summed E-state index contributed by atoms with van der Waals surface area (Å²) < 4.78 is 10.7. The van der Waals surface area contributed by atoms with Crippen molar-refractivity contribution in [1.82, 2.24) is 5.32 Å². The van der Waals surface area contributed by atoms with E-state index in [-0.39, 0.29) is 25.1 Å². The molecule has 1 aliphatic heterocycles. The summed E-state index contributed by atoms with van der Waals surface area (Å²) in [6.07, 6.45) is 0. The molecule has 2 N–H and O–H groups in total. The van der Waals surface area contributed by atoms with E-state index in [1.807, 2.05) is 6.07 Å². The summed E-state index contributed by atoms with van der Waals surface area (Å²) in [5, 5.41) is 12.1. The Morgan fingerprint density at radius 2 is 2.36 bits per heavy atom. The minimum absolute atomic E-state index is 0. The van der Waals surface area contributed by atoms with E-state index < -0.39 is 0 Å². The maximum Gasteiger partial charge on any atom is 0.129 e. The molecular formula is C9H14ClNO3. The van der Waals surface area contributed by atoms with Gasteiger partial charge in [-0.05, 0) is 12.1 Å². The Labute approximate surface area is 88.7 Å². The van der Waals surface area contributed by atoms with Crippen molar-refractivity contribution in [3.63, 3.8) is 0 Å². The molecule has 1 fully saturated rings. The minimum atomic E-state index is -0.0480. The lowest BCUT2D eigenvalue weighted by Crippen LogP contribution is -2.34.